The van der Waals surface area contributed by atoms with Gasteiger partial charge in [-0.2, -0.15) is 5.26 Å². The number of ether oxygens (including phenoxy) is 2. The van der Waals surface area contributed by atoms with E-state index >= 15 is 0 Å². The van der Waals surface area contributed by atoms with Crippen molar-refractivity contribution in [2.75, 3.05) is 13.1 Å². The first-order chi connectivity index (χ1) is 8.91. The third-order valence-corrected chi connectivity index (χ3v) is 3.26. The van der Waals surface area contributed by atoms with Gasteiger partial charge in [0.2, 0.25) is 5.91 Å². The van der Waals surface area contributed by atoms with Gasteiger partial charge in [-0.3, -0.25) is 4.79 Å². The summed E-state index contributed by atoms with van der Waals surface area (Å²) >= 11 is 0. The van der Waals surface area contributed by atoms with Crippen molar-refractivity contribution in [2.24, 2.45) is 0 Å². The molecule has 5 heteroatoms. The van der Waals surface area contributed by atoms with E-state index in [1.54, 1.807) is 4.90 Å². The smallest absolute Gasteiger partial charge is 0.225 e. The number of rotatable bonds is 5. The predicted molar refractivity (Wildman–Crippen MR) is 71.2 cm³/mol. The number of carbonyl (C=O) groups excluding carboxylic acids is 1. The first kappa shape index (κ1) is 15.9. The summed E-state index contributed by atoms with van der Waals surface area (Å²) in [4.78, 5) is 13.9. The molecular weight excluding hydrogens is 244 g/mol. The molecule has 1 saturated heterocycles. The van der Waals surface area contributed by atoms with Gasteiger partial charge in [-0.1, -0.05) is 0 Å². The Hall–Kier alpha value is -1.12. The highest BCUT2D eigenvalue weighted by molar-refractivity contribution is 5.76. The molecule has 0 aromatic rings. The number of hydrogen-bond acceptors (Lipinski definition) is 4. The number of hydrogen-bond donors (Lipinski definition) is 0. The molecule has 0 aliphatic carbocycles. The minimum absolute atomic E-state index is 0.100. The summed E-state index contributed by atoms with van der Waals surface area (Å²) in [7, 11) is 0. The van der Waals surface area contributed by atoms with Crippen molar-refractivity contribution in [3.63, 3.8) is 0 Å². The number of nitriles is 1. The molecule has 0 spiro atoms. The van der Waals surface area contributed by atoms with Gasteiger partial charge in [-0.05, 0) is 27.7 Å². The average molecular weight is 268 g/mol. The lowest BCUT2D eigenvalue weighted by molar-refractivity contribution is -0.298. The zero-order chi connectivity index (χ0) is 14.5. The van der Waals surface area contributed by atoms with Crippen LogP contribution in [0.25, 0.3) is 0 Å². The first-order valence-electron chi connectivity index (χ1n) is 6.92. The van der Waals surface area contributed by atoms with Crippen molar-refractivity contribution >= 4 is 5.91 Å². The maximum Gasteiger partial charge on any atom is 0.225 e. The molecule has 1 fully saturated rings. The van der Waals surface area contributed by atoms with Crippen molar-refractivity contribution < 1.29 is 14.3 Å². The molecule has 1 heterocycles. The number of amides is 1. The molecule has 0 N–H and O–H groups in total. The molecule has 2 atom stereocenters. The van der Waals surface area contributed by atoms with E-state index in [0.29, 0.717) is 32.4 Å². The molecule has 1 aliphatic rings. The van der Waals surface area contributed by atoms with Gasteiger partial charge in [0.25, 0.3) is 0 Å². The number of nitrogens with zero attached hydrogens (tertiary/aromatic N) is 2. The molecule has 0 saturated carbocycles. The minimum Gasteiger partial charge on any atom is -0.347 e. The van der Waals surface area contributed by atoms with Crippen molar-refractivity contribution in [2.45, 2.75) is 65.0 Å². The molecule has 1 rings (SSSR count). The summed E-state index contributed by atoms with van der Waals surface area (Å²) < 4.78 is 11.5. The van der Waals surface area contributed by atoms with Crippen molar-refractivity contribution in [3.8, 4) is 6.07 Å². The van der Waals surface area contributed by atoms with Gasteiger partial charge in [-0.15, -0.1) is 0 Å². The SMILES string of the molecule is CCN(CC)C(=O)C[C@H]1C[C@@H](CC#N)OC(C)(C)O1. The van der Waals surface area contributed by atoms with E-state index in [2.05, 4.69) is 6.07 Å². The van der Waals surface area contributed by atoms with Gasteiger partial charge in [0, 0.05) is 19.5 Å². The Morgan fingerprint density at radius 2 is 1.89 bits per heavy atom. The van der Waals surface area contributed by atoms with E-state index in [1.807, 2.05) is 27.7 Å². The highest BCUT2D eigenvalue weighted by Crippen LogP contribution is 2.29. The van der Waals surface area contributed by atoms with E-state index in [1.165, 1.54) is 0 Å². The lowest BCUT2D eigenvalue weighted by atomic mass is 10.0. The third-order valence-electron chi connectivity index (χ3n) is 3.26. The maximum atomic E-state index is 12.1. The van der Waals surface area contributed by atoms with Crippen LogP contribution in [0.5, 0.6) is 0 Å². The van der Waals surface area contributed by atoms with Crippen LogP contribution in [0.1, 0.15) is 47.0 Å². The van der Waals surface area contributed by atoms with Gasteiger partial charge in [0.1, 0.15) is 0 Å². The Morgan fingerprint density at radius 3 is 2.42 bits per heavy atom. The fourth-order valence-corrected chi connectivity index (χ4v) is 2.47. The van der Waals surface area contributed by atoms with Crippen molar-refractivity contribution in [1.82, 2.24) is 4.90 Å². The largest absolute Gasteiger partial charge is 0.347 e. The summed E-state index contributed by atoms with van der Waals surface area (Å²) in [5.41, 5.74) is 0. The summed E-state index contributed by atoms with van der Waals surface area (Å²) in [6.45, 7) is 9.01. The molecule has 1 aliphatic heterocycles. The molecule has 108 valence electrons. The number of carbonyl (C=O) groups is 1. The van der Waals surface area contributed by atoms with E-state index in [9.17, 15) is 4.79 Å². The fourth-order valence-electron chi connectivity index (χ4n) is 2.47. The highest BCUT2D eigenvalue weighted by atomic mass is 16.7. The zero-order valence-electron chi connectivity index (χ0n) is 12.3. The molecule has 0 aromatic heterocycles. The van der Waals surface area contributed by atoms with Crippen LogP contribution in [0.4, 0.5) is 0 Å². The topological polar surface area (TPSA) is 62.6 Å². The van der Waals surface area contributed by atoms with Gasteiger partial charge in [0.15, 0.2) is 5.79 Å². The molecule has 1 amide bonds. The highest BCUT2D eigenvalue weighted by Gasteiger charge is 2.36. The molecule has 0 aromatic carbocycles. The van der Waals surface area contributed by atoms with Gasteiger partial charge >= 0.3 is 0 Å². The minimum atomic E-state index is -0.728. The van der Waals surface area contributed by atoms with E-state index in [-0.39, 0.29) is 18.1 Å². The van der Waals surface area contributed by atoms with Crippen LogP contribution in [0, 0.1) is 11.3 Å². The Kier molecular flexibility index (Phi) is 5.77. The van der Waals surface area contributed by atoms with Crippen LogP contribution in [0.2, 0.25) is 0 Å². The second kappa shape index (κ2) is 6.88. The molecule has 0 radical (unpaired) electrons. The van der Waals surface area contributed by atoms with E-state index in [4.69, 9.17) is 14.7 Å². The Morgan fingerprint density at radius 1 is 1.32 bits per heavy atom. The van der Waals surface area contributed by atoms with Gasteiger partial charge < -0.3 is 14.4 Å². The Bertz CT molecular complexity index is 345. The van der Waals surface area contributed by atoms with Crippen LogP contribution in [0.15, 0.2) is 0 Å². The Balaban J connectivity index is 2.62. The van der Waals surface area contributed by atoms with Crippen molar-refractivity contribution in [3.05, 3.63) is 0 Å². The summed E-state index contributed by atoms with van der Waals surface area (Å²) in [6, 6.07) is 2.12. The van der Waals surface area contributed by atoms with Crippen LogP contribution >= 0.6 is 0 Å². The van der Waals surface area contributed by atoms with Gasteiger partial charge in [-0.25, -0.2) is 0 Å². The maximum absolute atomic E-state index is 12.1. The van der Waals surface area contributed by atoms with Crippen molar-refractivity contribution in [1.29, 1.82) is 5.26 Å². The first-order valence-corrected chi connectivity index (χ1v) is 6.92. The van der Waals surface area contributed by atoms with E-state index < -0.39 is 5.79 Å². The second-order valence-corrected chi connectivity index (χ2v) is 5.25. The summed E-state index contributed by atoms with van der Waals surface area (Å²) in [5, 5.41) is 8.78. The fraction of sp³-hybridized carbons (Fsp3) is 0.857. The van der Waals surface area contributed by atoms with Crippen LogP contribution < -0.4 is 0 Å². The summed E-state index contributed by atoms with van der Waals surface area (Å²) in [6.07, 6.45) is 0.974. The monoisotopic (exact) mass is 268 g/mol. The standard InChI is InChI=1S/C14H24N2O3/c1-5-16(6-2)13(17)10-12-9-11(7-8-15)18-14(3,4)19-12/h11-12H,5-7,9-10H2,1-4H3/t11-,12-/m1/s1. The normalized spacial score (nSPS) is 25.6. The average Bonchev–Trinajstić information content (AvgIpc) is 2.28. The molecular formula is C14H24N2O3. The predicted octanol–water partition coefficient (Wildman–Crippen LogP) is 2.07. The van der Waals surface area contributed by atoms with E-state index in [0.717, 1.165) is 0 Å². The summed E-state index contributed by atoms with van der Waals surface area (Å²) in [5.74, 6) is -0.628. The van der Waals surface area contributed by atoms with Crippen LogP contribution in [0.3, 0.4) is 0 Å². The Labute approximate surface area is 115 Å². The molecule has 0 bridgehead atoms. The quantitative estimate of drug-likeness (QED) is 0.765. The molecule has 19 heavy (non-hydrogen) atoms. The zero-order valence-corrected chi connectivity index (χ0v) is 12.3. The lowest BCUT2D eigenvalue weighted by Crippen LogP contribution is -2.46. The third kappa shape index (κ3) is 4.81. The molecule has 0 unspecified atom stereocenters. The second-order valence-electron chi connectivity index (χ2n) is 5.25. The lowest BCUT2D eigenvalue weighted by Gasteiger charge is -2.40. The van der Waals surface area contributed by atoms with Crippen LogP contribution in [-0.2, 0) is 14.3 Å². The van der Waals surface area contributed by atoms with Crippen LogP contribution in [-0.4, -0.2) is 41.9 Å². The molecule has 5 nitrogen and oxygen atoms in total. The van der Waals surface area contributed by atoms with Gasteiger partial charge in [0.05, 0.1) is 31.1 Å².